The minimum atomic E-state index is 0.0497. The molecule has 4 atom stereocenters. The second-order valence-corrected chi connectivity index (χ2v) is 8.08. The molecule has 1 aliphatic heterocycles. The van der Waals surface area contributed by atoms with Gasteiger partial charge in [-0.1, -0.05) is 17.7 Å². The van der Waals surface area contributed by atoms with Crippen LogP contribution in [0, 0.1) is 25.7 Å². The van der Waals surface area contributed by atoms with E-state index >= 15 is 0 Å². The average molecular weight is 380 g/mol. The van der Waals surface area contributed by atoms with Crippen LogP contribution in [0.1, 0.15) is 41.9 Å². The van der Waals surface area contributed by atoms with Gasteiger partial charge in [-0.3, -0.25) is 15.2 Å². The van der Waals surface area contributed by atoms with Crippen molar-refractivity contribution >= 4 is 5.91 Å². The summed E-state index contributed by atoms with van der Waals surface area (Å²) in [4.78, 5) is 16.6. The predicted octanol–water partition coefficient (Wildman–Crippen LogP) is 2.95. The van der Waals surface area contributed by atoms with E-state index in [9.17, 15) is 4.79 Å². The summed E-state index contributed by atoms with van der Waals surface area (Å²) in [6.07, 6.45) is 6.46. The maximum atomic E-state index is 12.2. The molecule has 1 aliphatic carbocycles. The van der Waals surface area contributed by atoms with Gasteiger partial charge in [0.05, 0.1) is 6.20 Å². The van der Waals surface area contributed by atoms with E-state index in [-0.39, 0.29) is 23.8 Å². The van der Waals surface area contributed by atoms with E-state index in [1.807, 2.05) is 12.3 Å². The summed E-state index contributed by atoms with van der Waals surface area (Å²) >= 11 is 0. The first-order valence-electron chi connectivity index (χ1n) is 10.0. The Morgan fingerprint density at radius 1 is 1.21 bits per heavy atom. The molecule has 6 heteroatoms. The van der Waals surface area contributed by atoms with Gasteiger partial charge in [0, 0.05) is 24.7 Å². The number of hydrogen-bond acceptors (Lipinski definition) is 5. The van der Waals surface area contributed by atoms with Crippen molar-refractivity contribution in [3.63, 3.8) is 0 Å². The molecule has 148 valence electrons. The summed E-state index contributed by atoms with van der Waals surface area (Å²) in [5.41, 5.74) is 15.3. The maximum absolute atomic E-state index is 12.2. The number of benzene rings is 1. The fraction of sp³-hybridized carbons (Fsp3) is 0.455. The molecule has 1 saturated heterocycles. The van der Waals surface area contributed by atoms with Crippen LogP contribution in [0.5, 0.6) is 11.5 Å². The van der Waals surface area contributed by atoms with E-state index in [0.29, 0.717) is 12.5 Å². The largest absolute Gasteiger partial charge is 0.455 e. The number of nitrogens with two attached hydrogens (primary N) is 1. The zero-order valence-corrected chi connectivity index (χ0v) is 16.4. The number of aromatic nitrogens is 1. The topological polar surface area (TPSA) is 89.3 Å². The van der Waals surface area contributed by atoms with E-state index in [2.05, 4.69) is 47.9 Å². The number of nitrogens with one attached hydrogen (secondary N) is 2. The van der Waals surface area contributed by atoms with Crippen molar-refractivity contribution < 1.29 is 9.53 Å². The fourth-order valence-corrected chi connectivity index (χ4v) is 4.63. The zero-order valence-electron chi connectivity index (χ0n) is 16.4. The Kier molecular flexibility index (Phi) is 5.33. The minimum Gasteiger partial charge on any atom is -0.455 e. The molecule has 0 radical (unpaired) electrons. The SMILES string of the molecule is Cc1ccc(Oc2cncc(C3CCC4C(=O)NNC(CN)C4C3)c2)c(C)c1. The van der Waals surface area contributed by atoms with Crippen molar-refractivity contribution in [2.75, 3.05) is 6.54 Å². The number of fused-ring (bicyclic) bond motifs is 1. The highest BCUT2D eigenvalue weighted by Crippen LogP contribution is 2.42. The first-order chi connectivity index (χ1) is 13.5. The molecule has 2 fully saturated rings. The van der Waals surface area contributed by atoms with Crippen molar-refractivity contribution in [2.24, 2.45) is 17.6 Å². The van der Waals surface area contributed by atoms with Crippen LogP contribution in [0.25, 0.3) is 0 Å². The van der Waals surface area contributed by atoms with E-state index in [1.165, 1.54) is 11.1 Å². The van der Waals surface area contributed by atoms with E-state index in [1.54, 1.807) is 6.20 Å². The molecular weight excluding hydrogens is 352 g/mol. The summed E-state index contributed by atoms with van der Waals surface area (Å²) in [6.45, 7) is 4.64. The van der Waals surface area contributed by atoms with E-state index in [0.717, 1.165) is 36.3 Å². The normalized spacial score (nSPS) is 27.0. The lowest BCUT2D eigenvalue weighted by atomic mass is 9.68. The van der Waals surface area contributed by atoms with Crippen LogP contribution in [-0.2, 0) is 4.79 Å². The number of ether oxygens (including phenoxy) is 1. The highest BCUT2D eigenvalue weighted by atomic mass is 16.5. The van der Waals surface area contributed by atoms with Gasteiger partial charge in [0.1, 0.15) is 11.5 Å². The molecule has 4 N–H and O–H groups in total. The third-order valence-corrected chi connectivity index (χ3v) is 6.15. The predicted molar refractivity (Wildman–Crippen MR) is 108 cm³/mol. The summed E-state index contributed by atoms with van der Waals surface area (Å²) in [5.74, 6) is 2.36. The first-order valence-corrected chi connectivity index (χ1v) is 10.0. The monoisotopic (exact) mass is 380 g/mol. The van der Waals surface area contributed by atoms with Crippen molar-refractivity contribution in [3.05, 3.63) is 53.3 Å². The maximum Gasteiger partial charge on any atom is 0.237 e. The van der Waals surface area contributed by atoms with Crippen molar-refractivity contribution in [1.82, 2.24) is 15.8 Å². The quantitative estimate of drug-likeness (QED) is 0.759. The molecule has 2 aromatic rings. The van der Waals surface area contributed by atoms with Crippen LogP contribution < -0.4 is 21.3 Å². The van der Waals surface area contributed by atoms with Gasteiger partial charge in [-0.2, -0.15) is 0 Å². The van der Waals surface area contributed by atoms with Gasteiger partial charge in [-0.05, 0) is 68.2 Å². The van der Waals surface area contributed by atoms with Crippen LogP contribution in [0.2, 0.25) is 0 Å². The summed E-state index contributed by atoms with van der Waals surface area (Å²) in [7, 11) is 0. The molecule has 2 heterocycles. The Balaban J connectivity index is 1.52. The summed E-state index contributed by atoms with van der Waals surface area (Å²) in [6, 6.07) is 8.37. The molecule has 4 unspecified atom stereocenters. The third kappa shape index (κ3) is 3.75. The second-order valence-electron chi connectivity index (χ2n) is 8.08. The van der Waals surface area contributed by atoms with Crippen molar-refractivity contribution in [1.29, 1.82) is 0 Å². The van der Waals surface area contributed by atoms with Gasteiger partial charge in [-0.15, -0.1) is 0 Å². The number of nitrogens with zero attached hydrogens (tertiary/aromatic N) is 1. The molecule has 1 aromatic heterocycles. The highest BCUT2D eigenvalue weighted by molar-refractivity contribution is 5.79. The van der Waals surface area contributed by atoms with Crippen molar-refractivity contribution in [2.45, 2.75) is 45.1 Å². The van der Waals surface area contributed by atoms with Gasteiger partial charge >= 0.3 is 0 Å². The Hall–Kier alpha value is -2.44. The second kappa shape index (κ2) is 7.89. The van der Waals surface area contributed by atoms with E-state index in [4.69, 9.17) is 10.5 Å². The Morgan fingerprint density at radius 2 is 2.07 bits per heavy atom. The lowest BCUT2D eigenvalue weighted by Crippen LogP contribution is -2.62. The number of carbonyl (C=O) groups is 1. The van der Waals surface area contributed by atoms with Gasteiger partial charge in [0.25, 0.3) is 0 Å². The van der Waals surface area contributed by atoms with Gasteiger partial charge in [0.15, 0.2) is 0 Å². The van der Waals surface area contributed by atoms with Crippen LogP contribution in [0.4, 0.5) is 0 Å². The van der Waals surface area contributed by atoms with Gasteiger partial charge in [-0.25, -0.2) is 5.43 Å². The third-order valence-electron chi connectivity index (χ3n) is 6.15. The number of amides is 1. The van der Waals surface area contributed by atoms with Crippen LogP contribution in [-0.4, -0.2) is 23.5 Å². The molecule has 6 nitrogen and oxygen atoms in total. The molecule has 4 rings (SSSR count). The molecule has 28 heavy (non-hydrogen) atoms. The fourth-order valence-electron chi connectivity index (χ4n) is 4.63. The van der Waals surface area contributed by atoms with Gasteiger partial charge < -0.3 is 10.5 Å². The molecular formula is C22H28N4O2. The Morgan fingerprint density at radius 3 is 2.86 bits per heavy atom. The van der Waals surface area contributed by atoms with Crippen LogP contribution in [0.3, 0.4) is 0 Å². The van der Waals surface area contributed by atoms with Crippen LogP contribution >= 0.6 is 0 Å². The smallest absolute Gasteiger partial charge is 0.237 e. The lowest BCUT2D eigenvalue weighted by molar-refractivity contribution is -0.133. The number of pyridine rings is 1. The van der Waals surface area contributed by atoms with Crippen LogP contribution in [0.15, 0.2) is 36.7 Å². The standard InChI is InChI=1S/C22H28N4O2/c1-13-3-6-21(14(2)7-13)28-17-8-16(11-24-12-17)15-4-5-18-19(9-15)20(10-23)25-26-22(18)27/h3,6-8,11-12,15,18-20,25H,4-5,9-10,23H2,1-2H3,(H,26,27). The Bertz CT molecular complexity index is 869. The Labute approximate surface area is 165 Å². The lowest BCUT2D eigenvalue weighted by Gasteiger charge is -2.43. The summed E-state index contributed by atoms with van der Waals surface area (Å²) in [5, 5.41) is 0. The van der Waals surface area contributed by atoms with Gasteiger partial charge in [0.2, 0.25) is 5.91 Å². The molecule has 2 aliphatic rings. The molecule has 1 amide bonds. The number of carbonyl (C=O) groups excluding carboxylic acids is 1. The molecule has 0 spiro atoms. The minimum absolute atomic E-state index is 0.0497. The zero-order chi connectivity index (χ0) is 19.7. The number of hydrogen-bond donors (Lipinski definition) is 3. The average Bonchev–Trinajstić information content (AvgIpc) is 2.70. The molecule has 0 bridgehead atoms. The van der Waals surface area contributed by atoms with E-state index < -0.39 is 0 Å². The number of aryl methyl sites for hydroxylation is 2. The first kappa shape index (κ1) is 18.9. The highest BCUT2D eigenvalue weighted by Gasteiger charge is 2.42. The summed E-state index contributed by atoms with van der Waals surface area (Å²) < 4.78 is 6.10. The number of hydrazine groups is 1. The van der Waals surface area contributed by atoms with Crippen molar-refractivity contribution in [3.8, 4) is 11.5 Å². The number of rotatable bonds is 4. The molecule has 1 aromatic carbocycles. The molecule has 1 saturated carbocycles.